The van der Waals surface area contributed by atoms with Gasteiger partial charge in [0.05, 0.1) is 23.8 Å². The lowest BCUT2D eigenvalue weighted by molar-refractivity contribution is -0.384. The molecule has 0 fully saturated rings. The number of carbonyl (C=O) groups excluding carboxylic acids is 1. The van der Waals surface area contributed by atoms with Gasteiger partial charge in [0.2, 0.25) is 0 Å². The van der Waals surface area contributed by atoms with E-state index in [1.807, 2.05) is 61.5 Å². The molecule has 0 aliphatic carbocycles. The number of nitrogens with one attached hydrogen (secondary N) is 2. The van der Waals surface area contributed by atoms with Crippen LogP contribution in [-0.2, 0) is 4.79 Å². The van der Waals surface area contributed by atoms with Gasteiger partial charge in [0.1, 0.15) is 23.1 Å². The van der Waals surface area contributed by atoms with Crippen molar-refractivity contribution in [1.29, 1.82) is 5.26 Å². The number of amides is 1. The van der Waals surface area contributed by atoms with Gasteiger partial charge < -0.3 is 15.0 Å². The molecule has 8 heteroatoms. The molecular formula is C26H20N4O4. The Bertz CT molecular complexity index is 1480. The molecule has 8 nitrogen and oxygen atoms in total. The third-order valence-corrected chi connectivity index (χ3v) is 5.45. The smallest absolute Gasteiger partial charge is 0.296 e. The van der Waals surface area contributed by atoms with Gasteiger partial charge in [-0.2, -0.15) is 5.26 Å². The molecule has 0 atom stereocenters. The molecule has 0 saturated carbocycles. The molecule has 1 heterocycles. The molecule has 4 rings (SSSR count). The van der Waals surface area contributed by atoms with Gasteiger partial charge in [-0.25, -0.2) is 0 Å². The van der Waals surface area contributed by atoms with Gasteiger partial charge in [-0.1, -0.05) is 48.5 Å². The summed E-state index contributed by atoms with van der Waals surface area (Å²) in [7, 11) is 1.39. The maximum atomic E-state index is 13.0. The maximum absolute atomic E-state index is 13.0. The van der Waals surface area contributed by atoms with Gasteiger partial charge in [-0.15, -0.1) is 0 Å². The Morgan fingerprint density at radius 1 is 1.15 bits per heavy atom. The standard InChI is InChI=1S/C26H20N4O4/c1-16-7-6-10-20-21(25(29-24(16)20)17-8-4-3-5-9-17)13-18(15-27)26(31)28-22-12-11-19(34-2)14-23(22)30(32)33/h3-14,29H,1-2H3,(H,28,31)/b18-13-. The molecule has 1 amide bonds. The third-order valence-electron chi connectivity index (χ3n) is 5.45. The summed E-state index contributed by atoms with van der Waals surface area (Å²) in [5, 5.41) is 24.6. The normalized spacial score (nSPS) is 11.1. The molecule has 0 bridgehead atoms. The first-order chi connectivity index (χ1) is 16.4. The Morgan fingerprint density at radius 3 is 2.59 bits per heavy atom. The van der Waals surface area contributed by atoms with Crippen molar-refractivity contribution >= 4 is 34.3 Å². The number of anilines is 1. The molecule has 0 spiro atoms. The average molecular weight is 452 g/mol. The molecule has 3 aromatic carbocycles. The largest absolute Gasteiger partial charge is 0.496 e. The Morgan fingerprint density at radius 2 is 1.91 bits per heavy atom. The van der Waals surface area contributed by atoms with Crippen molar-refractivity contribution < 1.29 is 14.5 Å². The minimum absolute atomic E-state index is 0.0324. The average Bonchev–Trinajstić information content (AvgIpc) is 3.22. The molecule has 168 valence electrons. The SMILES string of the molecule is COc1ccc(NC(=O)/C(C#N)=C\c2c(-c3ccccc3)[nH]c3c(C)cccc23)c([N+](=O)[O-])c1. The van der Waals surface area contributed by atoms with Crippen LogP contribution in [0.4, 0.5) is 11.4 Å². The molecule has 0 saturated heterocycles. The number of H-pyrrole nitrogens is 1. The highest BCUT2D eigenvalue weighted by Gasteiger charge is 2.21. The van der Waals surface area contributed by atoms with Crippen molar-refractivity contribution in [3.05, 3.63) is 93.5 Å². The topological polar surface area (TPSA) is 121 Å². The van der Waals surface area contributed by atoms with E-state index in [4.69, 9.17) is 4.74 Å². The summed E-state index contributed by atoms with van der Waals surface area (Å²) in [4.78, 5) is 27.2. The van der Waals surface area contributed by atoms with E-state index >= 15 is 0 Å². The number of nitro benzene ring substituents is 1. The zero-order valence-electron chi connectivity index (χ0n) is 18.5. The fourth-order valence-electron chi connectivity index (χ4n) is 3.75. The number of fused-ring (bicyclic) bond motifs is 1. The summed E-state index contributed by atoms with van der Waals surface area (Å²) >= 11 is 0. The second-order valence-corrected chi connectivity index (χ2v) is 7.54. The highest BCUT2D eigenvalue weighted by molar-refractivity contribution is 6.12. The van der Waals surface area contributed by atoms with Crippen molar-refractivity contribution in [3.8, 4) is 23.1 Å². The van der Waals surface area contributed by atoms with Crippen LogP contribution < -0.4 is 10.1 Å². The highest BCUT2D eigenvalue weighted by Crippen LogP contribution is 2.34. The second kappa shape index (κ2) is 9.30. The lowest BCUT2D eigenvalue weighted by atomic mass is 10.0. The van der Waals surface area contributed by atoms with Crippen LogP contribution in [0, 0.1) is 28.4 Å². The molecule has 2 N–H and O–H groups in total. The zero-order valence-corrected chi connectivity index (χ0v) is 18.5. The molecular weight excluding hydrogens is 432 g/mol. The fourth-order valence-corrected chi connectivity index (χ4v) is 3.75. The Labute approximate surface area is 195 Å². The lowest BCUT2D eigenvalue weighted by Gasteiger charge is -2.07. The number of aryl methyl sites for hydroxylation is 1. The number of para-hydroxylation sites is 1. The van der Waals surface area contributed by atoms with Crippen molar-refractivity contribution in [2.45, 2.75) is 6.92 Å². The summed E-state index contributed by atoms with van der Waals surface area (Å²) in [6.07, 6.45) is 1.51. The summed E-state index contributed by atoms with van der Waals surface area (Å²) < 4.78 is 5.03. The Balaban J connectivity index is 1.80. The van der Waals surface area contributed by atoms with Gasteiger partial charge in [0.25, 0.3) is 11.6 Å². The first kappa shape index (κ1) is 22.3. The number of aromatic nitrogens is 1. The van der Waals surface area contributed by atoms with Crippen molar-refractivity contribution in [3.63, 3.8) is 0 Å². The van der Waals surface area contributed by atoms with Gasteiger partial charge in [0.15, 0.2) is 0 Å². The molecule has 0 unspecified atom stereocenters. The summed E-state index contributed by atoms with van der Waals surface area (Å²) in [5.74, 6) is -0.473. The minimum Gasteiger partial charge on any atom is -0.496 e. The number of carbonyl (C=O) groups is 1. The van der Waals surface area contributed by atoms with E-state index in [0.29, 0.717) is 5.56 Å². The van der Waals surface area contributed by atoms with Crippen molar-refractivity contribution in [2.24, 2.45) is 0 Å². The molecule has 0 radical (unpaired) electrons. The number of methoxy groups -OCH3 is 1. The quantitative estimate of drug-likeness (QED) is 0.171. The number of nitrogens with zero attached hydrogens (tertiary/aromatic N) is 2. The molecule has 0 aliphatic heterocycles. The summed E-state index contributed by atoms with van der Waals surface area (Å²) in [5.41, 5.74) is 3.70. The van der Waals surface area contributed by atoms with Crippen molar-refractivity contribution in [2.75, 3.05) is 12.4 Å². The first-order valence-corrected chi connectivity index (χ1v) is 10.3. The number of rotatable bonds is 6. The number of nitriles is 1. The second-order valence-electron chi connectivity index (χ2n) is 7.54. The predicted octanol–water partition coefficient (Wildman–Crippen LogP) is 5.61. The number of hydrogen-bond acceptors (Lipinski definition) is 5. The Hall–Kier alpha value is -4.90. The monoisotopic (exact) mass is 452 g/mol. The number of aromatic amines is 1. The fraction of sp³-hybridized carbons (Fsp3) is 0.0769. The van der Waals surface area contributed by atoms with E-state index < -0.39 is 10.8 Å². The highest BCUT2D eigenvalue weighted by atomic mass is 16.6. The molecule has 0 aliphatic rings. The van der Waals surface area contributed by atoms with Crippen molar-refractivity contribution in [1.82, 2.24) is 4.98 Å². The first-order valence-electron chi connectivity index (χ1n) is 10.3. The van der Waals surface area contributed by atoms with Crippen LogP contribution in [0.3, 0.4) is 0 Å². The van der Waals surface area contributed by atoms with Crippen LogP contribution in [0.5, 0.6) is 5.75 Å². The zero-order chi connectivity index (χ0) is 24.2. The number of nitro groups is 1. The van der Waals surface area contributed by atoms with E-state index in [1.165, 1.54) is 31.4 Å². The Kier molecular flexibility index (Phi) is 6.10. The minimum atomic E-state index is -0.753. The molecule has 34 heavy (non-hydrogen) atoms. The van der Waals surface area contributed by atoms with E-state index in [2.05, 4.69) is 10.3 Å². The van der Waals surface area contributed by atoms with Crippen LogP contribution in [0.2, 0.25) is 0 Å². The molecule has 1 aromatic heterocycles. The summed E-state index contributed by atoms with van der Waals surface area (Å²) in [6, 6.07) is 21.4. The predicted molar refractivity (Wildman–Crippen MR) is 130 cm³/mol. The van der Waals surface area contributed by atoms with E-state index in [1.54, 1.807) is 0 Å². The third kappa shape index (κ3) is 4.23. The van der Waals surface area contributed by atoms with E-state index in [-0.39, 0.29) is 22.7 Å². The van der Waals surface area contributed by atoms with Crippen LogP contribution in [0.25, 0.3) is 28.2 Å². The van der Waals surface area contributed by atoms with Crippen LogP contribution in [0.15, 0.2) is 72.3 Å². The van der Waals surface area contributed by atoms with Crippen LogP contribution >= 0.6 is 0 Å². The maximum Gasteiger partial charge on any atom is 0.296 e. The van der Waals surface area contributed by atoms with E-state index in [0.717, 1.165) is 27.7 Å². The van der Waals surface area contributed by atoms with Crippen LogP contribution in [-0.4, -0.2) is 22.9 Å². The summed E-state index contributed by atoms with van der Waals surface area (Å²) in [6.45, 7) is 1.97. The number of ether oxygens (including phenoxy) is 1. The van der Waals surface area contributed by atoms with Gasteiger partial charge in [0, 0.05) is 16.5 Å². The van der Waals surface area contributed by atoms with Gasteiger partial charge in [-0.3, -0.25) is 14.9 Å². The van der Waals surface area contributed by atoms with Gasteiger partial charge >= 0.3 is 0 Å². The lowest BCUT2D eigenvalue weighted by Crippen LogP contribution is -2.14. The van der Waals surface area contributed by atoms with Crippen LogP contribution in [0.1, 0.15) is 11.1 Å². The molecule has 4 aromatic rings. The van der Waals surface area contributed by atoms with Gasteiger partial charge in [-0.05, 0) is 36.3 Å². The number of hydrogen-bond donors (Lipinski definition) is 2. The van der Waals surface area contributed by atoms with E-state index in [9.17, 15) is 20.2 Å². The number of benzene rings is 3.